The highest BCUT2D eigenvalue weighted by atomic mass is 19.1. The molecule has 0 bridgehead atoms. The van der Waals surface area contributed by atoms with Gasteiger partial charge in [0.25, 0.3) is 0 Å². The summed E-state index contributed by atoms with van der Waals surface area (Å²) in [5.74, 6) is 0.604. The van der Waals surface area contributed by atoms with E-state index in [-0.39, 0.29) is 17.5 Å². The zero-order valence-corrected chi connectivity index (χ0v) is 9.79. The Kier molecular flexibility index (Phi) is 2.89. The molecule has 0 aromatic heterocycles. The highest BCUT2D eigenvalue weighted by Crippen LogP contribution is 2.32. The van der Waals surface area contributed by atoms with Crippen molar-refractivity contribution in [1.82, 2.24) is 0 Å². The smallest absolute Gasteiger partial charge is 0.123 e. The molecule has 1 aliphatic rings. The molecule has 0 fully saturated rings. The summed E-state index contributed by atoms with van der Waals surface area (Å²) in [6.07, 6.45) is 2.57. The number of hydrogen-bond donors (Lipinski definition) is 1. The van der Waals surface area contributed by atoms with Crippen LogP contribution in [0.2, 0.25) is 0 Å². The first-order valence-electron chi connectivity index (χ1n) is 5.74. The van der Waals surface area contributed by atoms with Crippen LogP contribution in [0, 0.1) is 5.82 Å². The summed E-state index contributed by atoms with van der Waals surface area (Å²) in [6.45, 7) is 4.10. The third-order valence-corrected chi connectivity index (χ3v) is 3.27. The van der Waals surface area contributed by atoms with Crippen LogP contribution in [0.25, 0.3) is 0 Å². The Bertz CT molecular complexity index is 390. The van der Waals surface area contributed by atoms with Crippen LogP contribution in [0.1, 0.15) is 32.3 Å². The van der Waals surface area contributed by atoms with Crippen LogP contribution in [0.15, 0.2) is 18.2 Å². The molecular weight excluding hydrogens is 205 g/mol. The minimum absolute atomic E-state index is 0.0896. The quantitative estimate of drug-likeness (QED) is 0.855. The van der Waals surface area contributed by atoms with Crippen LogP contribution < -0.4 is 10.5 Å². The van der Waals surface area contributed by atoms with Crippen molar-refractivity contribution in [2.45, 2.75) is 44.8 Å². The average Bonchev–Trinajstić information content (AvgIpc) is 2.58. The van der Waals surface area contributed by atoms with Crippen molar-refractivity contribution in [3.63, 3.8) is 0 Å². The molecule has 0 spiro atoms. The van der Waals surface area contributed by atoms with Gasteiger partial charge in [-0.1, -0.05) is 6.92 Å². The second-order valence-electron chi connectivity index (χ2n) is 4.91. The number of benzene rings is 1. The molecule has 2 unspecified atom stereocenters. The highest BCUT2D eigenvalue weighted by Gasteiger charge is 2.29. The molecule has 1 aliphatic heterocycles. The first kappa shape index (κ1) is 11.4. The summed E-state index contributed by atoms with van der Waals surface area (Å²) in [5, 5.41) is 0. The molecule has 2 atom stereocenters. The molecule has 0 aliphatic carbocycles. The summed E-state index contributed by atoms with van der Waals surface area (Å²) in [5.41, 5.74) is 6.86. The Morgan fingerprint density at radius 2 is 2.31 bits per heavy atom. The van der Waals surface area contributed by atoms with Gasteiger partial charge in [-0.05, 0) is 31.5 Å². The van der Waals surface area contributed by atoms with Gasteiger partial charge in [-0.2, -0.15) is 0 Å². The van der Waals surface area contributed by atoms with Crippen LogP contribution in [-0.4, -0.2) is 11.6 Å². The van der Waals surface area contributed by atoms with Crippen molar-refractivity contribution in [2.24, 2.45) is 5.73 Å². The molecule has 2 rings (SSSR count). The third-order valence-electron chi connectivity index (χ3n) is 3.27. The van der Waals surface area contributed by atoms with Gasteiger partial charge in [-0.3, -0.25) is 0 Å². The van der Waals surface area contributed by atoms with Gasteiger partial charge >= 0.3 is 0 Å². The van der Waals surface area contributed by atoms with E-state index in [1.54, 1.807) is 12.1 Å². The summed E-state index contributed by atoms with van der Waals surface area (Å²) in [4.78, 5) is 0. The molecule has 1 heterocycles. The number of rotatable bonds is 3. The molecule has 0 amide bonds. The Morgan fingerprint density at radius 3 is 3.00 bits per heavy atom. The number of fused-ring (bicyclic) bond motifs is 1. The lowest BCUT2D eigenvalue weighted by Gasteiger charge is -2.25. The van der Waals surface area contributed by atoms with Gasteiger partial charge in [0.05, 0.1) is 0 Å². The van der Waals surface area contributed by atoms with E-state index in [0.29, 0.717) is 0 Å². The van der Waals surface area contributed by atoms with E-state index in [1.807, 2.05) is 6.92 Å². The van der Waals surface area contributed by atoms with E-state index in [9.17, 15) is 4.39 Å². The van der Waals surface area contributed by atoms with Crippen LogP contribution in [0.4, 0.5) is 4.39 Å². The van der Waals surface area contributed by atoms with Crippen molar-refractivity contribution in [3.8, 4) is 5.75 Å². The van der Waals surface area contributed by atoms with Gasteiger partial charge in [-0.15, -0.1) is 0 Å². The largest absolute Gasteiger partial charge is 0.490 e. The molecule has 0 radical (unpaired) electrons. The zero-order valence-electron chi connectivity index (χ0n) is 9.79. The molecule has 1 aromatic carbocycles. The van der Waals surface area contributed by atoms with Crippen LogP contribution >= 0.6 is 0 Å². The molecule has 0 saturated heterocycles. The maximum atomic E-state index is 13.0. The zero-order chi connectivity index (χ0) is 11.8. The summed E-state index contributed by atoms with van der Waals surface area (Å²) < 4.78 is 18.8. The predicted molar refractivity (Wildman–Crippen MR) is 62.0 cm³/mol. The lowest BCUT2D eigenvalue weighted by atomic mass is 9.91. The van der Waals surface area contributed by atoms with Gasteiger partial charge in [0.2, 0.25) is 0 Å². The summed E-state index contributed by atoms with van der Waals surface area (Å²) in [7, 11) is 0. The van der Waals surface area contributed by atoms with Crippen LogP contribution in [-0.2, 0) is 6.42 Å². The molecule has 88 valence electrons. The minimum Gasteiger partial charge on any atom is -0.490 e. The first-order chi connectivity index (χ1) is 7.50. The van der Waals surface area contributed by atoms with Gasteiger partial charge in [0.15, 0.2) is 0 Å². The van der Waals surface area contributed by atoms with E-state index < -0.39 is 0 Å². The minimum atomic E-state index is -0.203. The Hall–Kier alpha value is -1.09. The SMILES string of the molecule is CCC(C)(N)CC1Cc2cc(F)ccc2O1. The number of ether oxygens (including phenoxy) is 1. The molecule has 2 N–H and O–H groups in total. The van der Waals surface area contributed by atoms with E-state index in [0.717, 1.165) is 30.6 Å². The summed E-state index contributed by atoms with van der Waals surface area (Å²) in [6, 6.07) is 4.68. The van der Waals surface area contributed by atoms with Gasteiger partial charge in [0, 0.05) is 23.9 Å². The molecule has 2 nitrogen and oxygen atoms in total. The van der Waals surface area contributed by atoms with Crippen molar-refractivity contribution in [3.05, 3.63) is 29.6 Å². The Morgan fingerprint density at radius 1 is 1.56 bits per heavy atom. The van der Waals surface area contributed by atoms with E-state index in [4.69, 9.17) is 10.5 Å². The summed E-state index contributed by atoms with van der Waals surface area (Å²) >= 11 is 0. The normalized spacial score (nSPS) is 22.4. The lowest BCUT2D eigenvalue weighted by Crippen LogP contribution is -2.40. The molecule has 1 aromatic rings. The molecular formula is C13H18FNO. The molecule has 0 saturated carbocycles. The number of nitrogens with two attached hydrogens (primary N) is 1. The standard InChI is InChI=1S/C13H18FNO/c1-3-13(2,15)8-11-7-9-6-10(14)4-5-12(9)16-11/h4-6,11H,3,7-8,15H2,1-2H3. The second kappa shape index (κ2) is 4.06. The van der Waals surface area contributed by atoms with E-state index in [2.05, 4.69) is 6.92 Å². The highest BCUT2D eigenvalue weighted by molar-refractivity contribution is 5.37. The first-order valence-corrected chi connectivity index (χ1v) is 5.74. The topological polar surface area (TPSA) is 35.2 Å². The van der Waals surface area contributed by atoms with Crippen molar-refractivity contribution < 1.29 is 9.13 Å². The number of halogens is 1. The van der Waals surface area contributed by atoms with E-state index >= 15 is 0 Å². The Balaban J connectivity index is 2.06. The van der Waals surface area contributed by atoms with Crippen molar-refractivity contribution in [2.75, 3.05) is 0 Å². The predicted octanol–water partition coefficient (Wildman–Crippen LogP) is 2.65. The van der Waals surface area contributed by atoms with Crippen LogP contribution in [0.5, 0.6) is 5.75 Å². The fourth-order valence-corrected chi connectivity index (χ4v) is 2.07. The monoisotopic (exact) mass is 223 g/mol. The lowest BCUT2D eigenvalue weighted by molar-refractivity contribution is 0.183. The maximum absolute atomic E-state index is 13.0. The van der Waals surface area contributed by atoms with E-state index in [1.165, 1.54) is 6.07 Å². The van der Waals surface area contributed by atoms with Crippen molar-refractivity contribution >= 4 is 0 Å². The van der Waals surface area contributed by atoms with Gasteiger partial charge in [-0.25, -0.2) is 4.39 Å². The van der Waals surface area contributed by atoms with Crippen molar-refractivity contribution in [1.29, 1.82) is 0 Å². The average molecular weight is 223 g/mol. The fraction of sp³-hybridized carbons (Fsp3) is 0.538. The fourth-order valence-electron chi connectivity index (χ4n) is 2.07. The second-order valence-corrected chi connectivity index (χ2v) is 4.91. The molecule has 16 heavy (non-hydrogen) atoms. The van der Waals surface area contributed by atoms with Gasteiger partial charge in [0.1, 0.15) is 17.7 Å². The Labute approximate surface area is 95.6 Å². The van der Waals surface area contributed by atoms with Gasteiger partial charge < -0.3 is 10.5 Å². The maximum Gasteiger partial charge on any atom is 0.123 e. The van der Waals surface area contributed by atoms with Crippen LogP contribution in [0.3, 0.4) is 0 Å². The molecule has 3 heteroatoms. The third kappa shape index (κ3) is 2.35. The number of hydrogen-bond acceptors (Lipinski definition) is 2.